The summed E-state index contributed by atoms with van der Waals surface area (Å²) < 4.78 is 13.0. The number of carboxylic acid groups (broad SMARTS) is 1. The monoisotopic (exact) mass is 314 g/mol. The van der Waals surface area contributed by atoms with E-state index >= 15 is 0 Å². The zero-order valence-electron chi connectivity index (χ0n) is 11.2. The summed E-state index contributed by atoms with van der Waals surface area (Å²) in [6, 6.07) is 2.92. The molecule has 5 nitrogen and oxygen atoms in total. The number of carbonyl (C=O) groups is 2. The van der Waals surface area contributed by atoms with Gasteiger partial charge < -0.3 is 15.7 Å². The Morgan fingerprint density at radius 3 is 2.67 bits per heavy atom. The highest BCUT2D eigenvalue weighted by molar-refractivity contribution is 6.31. The minimum Gasteiger partial charge on any atom is -0.481 e. The van der Waals surface area contributed by atoms with Crippen LogP contribution in [0.5, 0.6) is 0 Å². The Hall–Kier alpha value is -1.82. The van der Waals surface area contributed by atoms with Crippen molar-refractivity contribution in [3.05, 3.63) is 29.0 Å². The molecule has 1 saturated carbocycles. The van der Waals surface area contributed by atoms with E-state index in [9.17, 15) is 14.0 Å². The highest BCUT2D eigenvalue weighted by Gasteiger charge is 2.31. The van der Waals surface area contributed by atoms with Gasteiger partial charge in [0.2, 0.25) is 0 Å². The van der Waals surface area contributed by atoms with Crippen molar-refractivity contribution in [2.75, 3.05) is 5.32 Å². The van der Waals surface area contributed by atoms with Crippen LogP contribution in [0.3, 0.4) is 0 Å². The summed E-state index contributed by atoms with van der Waals surface area (Å²) in [5.74, 6) is -2.04. The molecule has 1 aromatic carbocycles. The molecule has 7 heteroatoms. The van der Waals surface area contributed by atoms with Gasteiger partial charge in [0, 0.05) is 11.7 Å². The van der Waals surface area contributed by atoms with Crippen LogP contribution in [-0.2, 0) is 4.79 Å². The Bertz CT molecular complexity index is 553. The smallest absolute Gasteiger partial charge is 0.319 e. The summed E-state index contributed by atoms with van der Waals surface area (Å²) in [5, 5.41) is 14.2. The van der Waals surface area contributed by atoms with Crippen molar-refractivity contribution in [3.8, 4) is 0 Å². The van der Waals surface area contributed by atoms with Gasteiger partial charge in [0.15, 0.2) is 0 Å². The Balaban J connectivity index is 1.97. The van der Waals surface area contributed by atoms with Gasteiger partial charge in [-0.05, 0) is 31.0 Å². The molecule has 1 aromatic rings. The lowest BCUT2D eigenvalue weighted by Crippen LogP contribution is -2.46. The maximum Gasteiger partial charge on any atom is 0.319 e. The molecule has 2 amide bonds. The summed E-state index contributed by atoms with van der Waals surface area (Å²) >= 11 is 5.63. The lowest BCUT2D eigenvalue weighted by molar-refractivity contribution is -0.143. The number of halogens is 2. The number of amides is 2. The van der Waals surface area contributed by atoms with Crippen molar-refractivity contribution in [1.82, 2.24) is 5.32 Å². The zero-order chi connectivity index (χ0) is 15.4. The average Bonchev–Trinajstić information content (AvgIpc) is 2.43. The molecule has 21 heavy (non-hydrogen) atoms. The Morgan fingerprint density at radius 2 is 2.00 bits per heavy atom. The topological polar surface area (TPSA) is 78.4 Å². The third-order valence-electron chi connectivity index (χ3n) is 3.58. The van der Waals surface area contributed by atoms with Crippen molar-refractivity contribution in [1.29, 1.82) is 0 Å². The van der Waals surface area contributed by atoms with E-state index in [2.05, 4.69) is 10.6 Å². The number of benzene rings is 1. The van der Waals surface area contributed by atoms with Gasteiger partial charge in [0.25, 0.3) is 0 Å². The molecule has 0 saturated heterocycles. The van der Waals surface area contributed by atoms with Crippen molar-refractivity contribution in [2.24, 2.45) is 5.92 Å². The molecule has 0 aliphatic heterocycles. The van der Waals surface area contributed by atoms with Crippen LogP contribution in [0.15, 0.2) is 18.2 Å². The highest BCUT2D eigenvalue weighted by atomic mass is 35.5. The fourth-order valence-electron chi connectivity index (χ4n) is 2.51. The number of hydrogen-bond acceptors (Lipinski definition) is 2. The Labute approximate surface area is 126 Å². The first-order valence-electron chi connectivity index (χ1n) is 6.73. The van der Waals surface area contributed by atoms with Crippen molar-refractivity contribution < 1.29 is 19.1 Å². The van der Waals surface area contributed by atoms with Crippen molar-refractivity contribution in [3.63, 3.8) is 0 Å². The van der Waals surface area contributed by atoms with Gasteiger partial charge in [-0.3, -0.25) is 4.79 Å². The molecule has 0 bridgehead atoms. The predicted octanol–water partition coefficient (Wildman–Crippen LogP) is 3.24. The van der Waals surface area contributed by atoms with Crippen LogP contribution in [0, 0.1) is 11.7 Å². The second kappa shape index (κ2) is 6.76. The lowest BCUT2D eigenvalue weighted by Gasteiger charge is -2.29. The number of aliphatic carboxylic acids is 1. The van der Waals surface area contributed by atoms with Crippen LogP contribution in [0.1, 0.15) is 25.7 Å². The van der Waals surface area contributed by atoms with Gasteiger partial charge >= 0.3 is 12.0 Å². The maximum atomic E-state index is 13.0. The van der Waals surface area contributed by atoms with Gasteiger partial charge in [-0.2, -0.15) is 0 Å². The molecular formula is C14H16ClFN2O3. The molecule has 2 unspecified atom stereocenters. The van der Waals surface area contributed by atoms with E-state index < -0.39 is 29.8 Å². The van der Waals surface area contributed by atoms with Gasteiger partial charge in [0.05, 0.1) is 10.9 Å². The van der Waals surface area contributed by atoms with E-state index in [0.29, 0.717) is 18.5 Å². The first-order valence-corrected chi connectivity index (χ1v) is 7.10. The SMILES string of the molecule is O=C(Nc1ccc(F)c(Cl)c1)NC1CCCCC1C(=O)O. The largest absolute Gasteiger partial charge is 0.481 e. The fourth-order valence-corrected chi connectivity index (χ4v) is 2.69. The maximum absolute atomic E-state index is 13.0. The summed E-state index contributed by atoms with van der Waals surface area (Å²) in [5.41, 5.74) is 0.349. The standard InChI is InChI=1S/C14H16ClFN2O3/c15-10-7-8(5-6-11(10)16)17-14(21)18-12-4-2-1-3-9(12)13(19)20/h5-7,9,12H,1-4H2,(H,19,20)(H2,17,18,21). The molecule has 3 N–H and O–H groups in total. The van der Waals surface area contributed by atoms with Gasteiger partial charge in [-0.15, -0.1) is 0 Å². The van der Waals surface area contributed by atoms with E-state index in [4.69, 9.17) is 16.7 Å². The molecule has 0 aromatic heterocycles. The normalized spacial score (nSPS) is 21.6. The fraction of sp³-hybridized carbons (Fsp3) is 0.429. The second-order valence-corrected chi connectivity index (χ2v) is 5.47. The van der Waals surface area contributed by atoms with E-state index in [0.717, 1.165) is 18.9 Å². The second-order valence-electron chi connectivity index (χ2n) is 5.06. The van der Waals surface area contributed by atoms with Crippen LogP contribution in [0.4, 0.5) is 14.9 Å². The minimum absolute atomic E-state index is 0.0890. The van der Waals surface area contributed by atoms with Crippen LogP contribution >= 0.6 is 11.6 Å². The predicted molar refractivity (Wildman–Crippen MR) is 76.9 cm³/mol. The number of nitrogens with one attached hydrogen (secondary N) is 2. The summed E-state index contributed by atoms with van der Waals surface area (Å²) in [7, 11) is 0. The van der Waals surface area contributed by atoms with Crippen LogP contribution < -0.4 is 10.6 Å². The molecule has 1 aliphatic rings. The van der Waals surface area contributed by atoms with Gasteiger partial charge in [0.1, 0.15) is 5.82 Å². The quantitative estimate of drug-likeness (QED) is 0.801. The molecule has 2 atom stereocenters. The van der Waals surface area contributed by atoms with Crippen LogP contribution in [0.25, 0.3) is 0 Å². The zero-order valence-corrected chi connectivity index (χ0v) is 12.0. The van der Waals surface area contributed by atoms with Gasteiger partial charge in [-0.25, -0.2) is 9.18 Å². The molecule has 1 fully saturated rings. The molecule has 0 spiro atoms. The molecular weight excluding hydrogens is 299 g/mol. The van der Waals surface area contributed by atoms with E-state index in [1.807, 2.05) is 0 Å². The Morgan fingerprint density at radius 1 is 1.29 bits per heavy atom. The number of urea groups is 1. The highest BCUT2D eigenvalue weighted by Crippen LogP contribution is 2.25. The summed E-state index contributed by atoms with van der Waals surface area (Å²) in [6.45, 7) is 0. The summed E-state index contributed by atoms with van der Waals surface area (Å²) in [4.78, 5) is 23.0. The number of hydrogen-bond donors (Lipinski definition) is 3. The molecule has 0 heterocycles. The third-order valence-corrected chi connectivity index (χ3v) is 3.87. The van der Waals surface area contributed by atoms with Crippen molar-refractivity contribution in [2.45, 2.75) is 31.7 Å². The first-order chi connectivity index (χ1) is 9.97. The Kier molecular flexibility index (Phi) is 5.01. The average molecular weight is 315 g/mol. The number of carbonyl (C=O) groups excluding carboxylic acids is 1. The van der Waals surface area contributed by atoms with Crippen molar-refractivity contribution >= 4 is 29.3 Å². The van der Waals surface area contributed by atoms with E-state index in [-0.39, 0.29) is 5.02 Å². The lowest BCUT2D eigenvalue weighted by atomic mass is 9.84. The van der Waals surface area contributed by atoms with Crippen LogP contribution in [-0.4, -0.2) is 23.1 Å². The number of carboxylic acids is 1. The number of rotatable bonds is 3. The molecule has 2 rings (SSSR count). The molecule has 1 aliphatic carbocycles. The van der Waals surface area contributed by atoms with E-state index in [1.54, 1.807) is 0 Å². The van der Waals surface area contributed by atoms with Crippen LogP contribution in [0.2, 0.25) is 5.02 Å². The van der Waals surface area contributed by atoms with Gasteiger partial charge in [-0.1, -0.05) is 24.4 Å². The molecule has 114 valence electrons. The third kappa shape index (κ3) is 4.07. The minimum atomic E-state index is -0.898. The first kappa shape index (κ1) is 15.6. The summed E-state index contributed by atoms with van der Waals surface area (Å²) in [6.07, 6.45) is 2.93. The molecule has 0 radical (unpaired) electrons. The van der Waals surface area contributed by atoms with E-state index in [1.165, 1.54) is 12.1 Å². The number of anilines is 1.